The number of hydrogen-bond donors (Lipinski definition) is 2. The number of rotatable bonds is 6. The van der Waals surface area contributed by atoms with E-state index in [1.165, 1.54) is 19.4 Å². The maximum absolute atomic E-state index is 13.6. The molecule has 9 heteroatoms. The van der Waals surface area contributed by atoms with Crippen LogP contribution in [0.3, 0.4) is 0 Å². The van der Waals surface area contributed by atoms with Crippen molar-refractivity contribution in [1.82, 2.24) is 19.6 Å². The molecule has 0 aliphatic carbocycles. The Balaban J connectivity index is 1.90. The van der Waals surface area contributed by atoms with Crippen LogP contribution in [0.25, 0.3) is 5.65 Å². The number of hydrogen-bond acceptors (Lipinski definition) is 7. The summed E-state index contributed by atoms with van der Waals surface area (Å²) in [6.45, 7) is 4.05. The second-order valence-electron chi connectivity index (χ2n) is 5.52. The molecule has 3 aromatic heterocycles. The molecule has 3 rings (SSSR count). The lowest BCUT2D eigenvalue weighted by molar-refractivity contribution is 0.326. The van der Waals surface area contributed by atoms with E-state index in [0.717, 1.165) is 6.20 Å². The molecule has 0 aliphatic heterocycles. The molecular weight excluding hydrogens is 339 g/mol. The standard InChI is InChI=1S/C17H19FN6O2/c1-4-26-15(19)13-9-21-24-6-5-14(23-16(13)24)22-10(2)12-7-11(18)8-20-17(12)25-3/h5-10,19H,4H2,1-3H3,(H,22,23)/t10-/m1/s1. The Morgan fingerprint density at radius 1 is 1.42 bits per heavy atom. The fourth-order valence-electron chi connectivity index (χ4n) is 2.55. The summed E-state index contributed by atoms with van der Waals surface area (Å²) in [5.74, 6) is 0.454. The molecule has 3 aromatic rings. The van der Waals surface area contributed by atoms with Crippen molar-refractivity contribution >= 4 is 17.4 Å². The van der Waals surface area contributed by atoms with Crippen LogP contribution < -0.4 is 10.1 Å². The van der Waals surface area contributed by atoms with E-state index in [-0.39, 0.29) is 11.9 Å². The highest BCUT2D eigenvalue weighted by Crippen LogP contribution is 2.26. The Morgan fingerprint density at radius 3 is 2.96 bits per heavy atom. The molecule has 136 valence electrons. The van der Waals surface area contributed by atoms with Gasteiger partial charge in [0.1, 0.15) is 17.2 Å². The molecule has 0 amide bonds. The summed E-state index contributed by atoms with van der Waals surface area (Å²) in [5, 5.41) is 15.3. The lowest BCUT2D eigenvalue weighted by Gasteiger charge is -2.17. The molecule has 0 saturated carbocycles. The van der Waals surface area contributed by atoms with E-state index in [2.05, 4.69) is 20.4 Å². The van der Waals surface area contributed by atoms with E-state index < -0.39 is 5.82 Å². The number of nitrogens with one attached hydrogen (secondary N) is 2. The third-order valence-electron chi connectivity index (χ3n) is 3.77. The molecule has 0 aromatic carbocycles. The first-order valence-corrected chi connectivity index (χ1v) is 8.05. The molecule has 26 heavy (non-hydrogen) atoms. The number of halogens is 1. The Kier molecular flexibility index (Phi) is 4.97. The fourth-order valence-corrected chi connectivity index (χ4v) is 2.55. The van der Waals surface area contributed by atoms with Crippen LogP contribution in [0.15, 0.2) is 30.7 Å². The number of nitrogens with zero attached hydrogens (tertiary/aromatic N) is 4. The summed E-state index contributed by atoms with van der Waals surface area (Å²) in [4.78, 5) is 8.44. The van der Waals surface area contributed by atoms with Crippen molar-refractivity contribution in [3.63, 3.8) is 0 Å². The van der Waals surface area contributed by atoms with Gasteiger partial charge in [-0.05, 0) is 26.0 Å². The molecule has 0 saturated heterocycles. The maximum atomic E-state index is 13.6. The highest BCUT2D eigenvalue weighted by Gasteiger charge is 2.16. The largest absolute Gasteiger partial charge is 0.481 e. The lowest BCUT2D eigenvalue weighted by atomic mass is 10.1. The zero-order valence-corrected chi connectivity index (χ0v) is 14.7. The minimum absolute atomic E-state index is 0.0104. The van der Waals surface area contributed by atoms with Gasteiger partial charge in [-0.3, -0.25) is 5.41 Å². The van der Waals surface area contributed by atoms with Crippen molar-refractivity contribution in [2.24, 2.45) is 0 Å². The zero-order valence-electron chi connectivity index (χ0n) is 14.7. The molecular formula is C17H19FN6O2. The van der Waals surface area contributed by atoms with Crippen LogP contribution in [0, 0.1) is 11.2 Å². The topological polar surface area (TPSA) is 97.4 Å². The van der Waals surface area contributed by atoms with Gasteiger partial charge in [-0.25, -0.2) is 18.9 Å². The molecule has 0 aliphatic rings. The first-order valence-electron chi connectivity index (χ1n) is 8.05. The number of anilines is 1. The van der Waals surface area contributed by atoms with Gasteiger partial charge in [0.05, 0.1) is 32.2 Å². The van der Waals surface area contributed by atoms with E-state index >= 15 is 0 Å². The van der Waals surface area contributed by atoms with Crippen molar-refractivity contribution in [3.8, 4) is 5.88 Å². The summed E-state index contributed by atoms with van der Waals surface area (Å²) in [5.41, 5.74) is 1.56. The third kappa shape index (κ3) is 3.41. The Bertz CT molecular complexity index is 942. The molecule has 3 heterocycles. The molecule has 1 atom stereocenters. The van der Waals surface area contributed by atoms with Crippen LogP contribution in [0.5, 0.6) is 5.88 Å². The minimum Gasteiger partial charge on any atom is -0.481 e. The van der Waals surface area contributed by atoms with Gasteiger partial charge in [-0.2, -0.15) is 5.10 Å². The summed E-state index contributed by atoms with van der Waals surface area (Å²) in [6.07, 6.45) is 4.37. The zero-order chi connectivity index (χ0) is 18.7. The highest BCUT2D eigenvalue weighted by molar-refractivity contribution is 5.97. The van der Waals surface area contributed by atoms with Crippen LogP contribution in [-0.4, -0.2) is 39.2 Å². The number of methoxy groups -OCH3 is 1. The quantitative estimate of drug-likeness (QED) is 0.519. The number of ether oxygens (including phenoxy) is 2. The van der Waals surface area contributed by atoms with Crippen LogP contribution >= 0.6 is 0 Å². The van der Waals surface area contributed by atoms with E-state index in [4.69, 9.17) is 14.9 Å². The molecule has 0 radical (unpaired) electrons. The highest BCUT2D eigenvalue weighted by atomic mass is 19.1. The smallest absolute Gasteiger partial charge is 0.218 e. The van der Waals surface area contributed by atoms with Crippen LogP contribution in [-0.2, 0) is 4.74 Å². The van der Waals surface area contributed by atoms with Crippen molar-refractivity contribution in [3.05, 3.63) is 47.7 Å². The molecule has 0 unspecified atom stereocenters. The number of fused-ring (bicyclic) bond motifs is 1. The monoisotopic (exact) mass is 358 g/mol. The maximum Gasteiger partial charge on any atom is 0.218 e. The van der Waals surface area contributed by atoms with Gasteiger partial charge < -0.3 is 14.8 Å². The molecule has 2 N–H and O–H groups in total. The summed E-state index contributed by atoms with van der Waals surface area (Å²) >= 11 is 0. The average Bonchev–Trinajstić information content (AvgIpc) is 3.05. The first-order chi connectivity index (χ1) is 12.5. The van der Waals surface area contributed by atoms with Gasteiger partial charge in [0.25, 0.3) is 0 Å². The fraction of sp³-hybridized carbons (Fsp3) is 0.294. The van der Waals surface area contributed by atoms with Gasteiger partial charge in [-0.1, -0.05) is 0 Å². The SMILES string of the molecule is CCOC(=N)c1cnn2ccc(N[C@H](C)c3cc(F)cnc3OC)nc12. The number of aromatic nitrogens is 4. The summed E-state index contributed by atoms with van der Waals surface area (Å²) < 4.78 is 25.5. The van der Waals surface area contributed by atoms with Gasteiger partial charge >= 0.3 is 0 Å². The Hall–Kier alpha value is -3.23. The second-order valence-corrected chi connectivity index (χ2v) is 5.52. The van der Waals surface area contributed by atoms with Crippen LogP contribution in [0.1, 0.15) is 31.0 Å². The molecule has 0 spiro atoms. The van der Waals surface area contributed by atoms with E-state index in [1.54, 1.807) is 16.8 Å². The van der Waals surface area contributed by atoms with Crippen LogP contribution in [0.2, 0.25) is 0 Å². The van der Waals surface area contributed by atoms with Crippen LogP contribution in [0.4, 0.5) is 10.2 Å². The lowest BCUT2D eigenvalue weighted by Crippen LogP contribution is -2.11. The van der Waals surface area contributed by atoms with Gasteiger partial charge in [0, 0.05) is 11.8 Å². The van der Waals surface area contributed by atoms with Crippen molar-refractivity contribution in [2.45, 2.75) is 19.9 Å². The average molecular weight is 358 g/mol. The predicted octanol–water partition coefficient (Wildman–Crippen LogP) is 2.81. The van der Waals surface area contributed by atoms with E-state index in [1.807, 2.05) is 13.8 Å². The molecule has 8 nitrogen and oxygen atoms in total. The van der Waals surface area contributed by atoms with E-state index in [0.29, 0.717) is 35.1 Å². The number of pyridine rings is 1. The van der Waals surface area contributed by atoms with Crippen molar-refractivity contribution < 1.29 is 13.9 Å². The Labute approximate surface area is 149 Å². The van der Waals surface area contributed by atoms with Gasteiger partial charge in [-0.15, -0.1) is 0 Å². The Morgan fingerprint density at radius 2 is 2.23 bits per heavy atom. The molecule has 0 fully saturated rings. The third-order valence-corrected chi connectivity index (χ3v) is 3.77. The molecule has 0 bridgehead atoms. The summed E-state index contributed by atoms with van der Waals surface area (Å²) in [7, 11) is 1.48. The predicted molar refractivity (Wildman–Crippen MR) is 94.2 cm³/mol. The van der Waals surface area contributed by atoms with E-state index in [9.17, 15) is 4.39 Å². The summed E-state index contributed by atoms with van der Waals surface area (Å²) in [6, 6.07) is 2.81. The normalized spacial score (nSPS) is 12.0. The first kappa shape index (κ1) is 17.6. The van der Waals surface area contributed by atoms with Crippen molar-refractivity contribution in [1.29, 1.82) is 5.41 Å². The van der Waals surface area contributed by atoms with Crippen molar-refractivity contribution in [2.75, 3.05) is 19.0 Å². The minimum atomic E-state index is -0.443. The second kappa shape index (κ2) is 7.34. The van der Waals surface area contributed by atoms with Gasteiger partial charge in [0.15, 0.2) is 5.65 Å². The van der Waals surface area contributed by atoms with Gasteiger partial charge in [0.2, 0.25) is 11.8 Å².